The number of aryl methyl sites for hydroxylation is 3. The highest BCUT2D eigenvalue weighted by molar-refractivity contribution is 7.20. The number of carbonyl (C=O) groups is 1. The number of aromatic nitrogens is 3. The fourth-order valence-electron chi connectivity index (χ4n) is 3.23. The van der Waals surface area contributed by atoms with Gasteiger partial charge in [-0.1, -0.05) is 6.07 Å². The Hall–Kier alpha value is -2.58. The van der Waals surface area contributed by atoms with Crippen LogP contribution in [0.4, 0.5) is 11.6 Å². The standard InChI is InChI=1S/C19H21N5O2S/c1-11-5-4-6-14(20-11)23-18(25)16-12(2)15-17(24-7-9-26-10-8-24)21-13(3)22-19(15)27-16/h4-6H,7-10H2,1-3H3,(H,20,23,25). The SMILES string of the molecule is Cc1cccc(NC(=O)c2sc3nc(C)nc(N4CCOCC4)c3c2C)n1. The number of anilines is 2. The summed E-state index contributed by atoms with van der Waals surface area (Å²) in [5, 5.41) is 3.85. The Morgan fingerprint density at radius 1 is 1.15 bits per heavy atom. The van der Waals surface area contributed by atoms with Crippen LogP contribution in [0.3, 0.4) is 0 Å². The summed E-state index contributed by atoms with van der Waals surface area (Å²) in [5.74, 6) is 1.98. The molecule has 3 aromatic heterocycles. The molecule has 0 unspecified atom stereocenters. The van der Waals surface area contributed by atoms with Gasteiger partial charge in [0.25, 0.3) is 5.91 Å². The molecule has 8 heteroatoms. The maximum atomic E-state index is 12.9. The van der Waals surface area contributed by atoms with E-state index in [0.717, 1.165) is 40.4 Å². The molecule has 0 radical (unpaired) electrons. The minimum atomic E-state index is -0.167. The van der Waals surface area contributed by atoms with Gasteiger partial charge in [-0.05, 0) is 38.5 Å². The van der Waals surface area contributed by atoms with Gasteiger partial charge >= 0.3 is 0 Å². The number of pyridine rings is 1. The minimum absolute atomic E-state index is 0.167. The molecule has 0 atom stereocenters. The molecule has 3 aromatic rings. The Balaban J connectivity index is 1.74. The molecule has 1 amide bonds. The van der Waals surface area contributed by atoms with Gasteiger partial charge in [0.1, 0.15) is 22.3 Å². The van der Waals surface area contributed by atoms with Gasteiger partial charge in [-0.3, -0.25) is 4.79 Å². The zero-order valence-electron chi connectivity index (χ0n) is 15.6. The molecule has 1 aliphatic heterocycles. The monoisotopic (exact) mass is 383 g/mol. The van der Waals surface area contributed by atoms with Crippen LogP contribution >= 0.6 is 11.3 Å². The number of morpholine rings is 1. The number of fused-ring (bicyclic) bond motifs is 1. The zero-order valence-corrected chi connectivity index (χ0v) is 16.4. The average molecular weight is 383 g/mol. The molecular weight excluding hydrogens is 362 g/mol. The van der Waals surface area contributed by atoms with Crippen LogP contribution in [0.15, 0.2) is 18.2 Å². The molecule has 0 saturated carbocycles. The van der Waals surface area contributed by atoms with Crippen molar-refractivity contribution in [2.75, 3.05) is 36.5 Å². The first kappa shape index (κ1) is 17.8. The highest BCUT2D eigenvalue weighted by Gasteiger charge is 2.24. The van der Waals surface area contributed by atoms with E-state index in [9.17, 15) is 4.79 Å². The average Bonchev–Trinajstić information content (AvgIpc) is 2.98. The summed E-state index contributed by atoms with van der Waals surface area (Å²) < 4.78 is 5.46. The fraction of sp³-hybridized carbons (Fsp3) is 0.368. The smallest absolute Gasteiger partial charge is 0.267 e. The Kier molecular flexibility index (Phi) is 4.75. The number of nitrogens with zero attached hydrogens (tertiary/aromatic N) is 4. The Morgan fingerprint density at radius 2 is 1.93 bits per heavy atom. The summed E-state index contributed by atoms with van der Waals surface area (Å²) in [6.45, 7) is 8.67. The van der Waals surface area contributed by atoms with Crippen molar-refractivity contribution in [1.29, 1.82) is 0 Å². The molecule has 140 valence electrons. The summed E-state index contributed by atoms with van der Waals surface area (Å²) in [6.07, 6.45) is 0. The molecular formula is C19H21N5O2S. The van der Waals surface area contributed by atoms with Crippen molar-refractivity contribution in [1.82, 2.24) is 15.0 Å². The summed E-state index contributed by atoms with van der Waals surface area (Å²) in [6, 6.07) is 5.56. The Labute approximate surface area is 161 Å². The number of hydrogen-bond donors (Lipinski definition) is 1. The number of nitrogens with one attached hydrogen (secondary N) is 1. The van der Waals surface area contributed by atoms with Crippen LogP contribution < -0.4 is 10.2 Å². The van der Waals surface area contributed by atoms with Crippen LogP contribution in [0.2, 0.25) is 0 Å². The van der Waals surface area contributed by atoms with E-state index in [1.54, 1.807) is 6.07 Å². The van der Waals surface area contributed by atoms with Crippen molar-refractivity contribution in [3.63, 3.8) is 0 Å². The van der Waals surface area contributed by atoms with E-state index in [4.69, 9.17) is 4.74 Å². The molecule has 1 fully saturated rings. The lowest BCUT2D eigenvalue weighted by Gasteiger charge is -2.28. The Bertz CT molecular complexity index is 1010. The lowest BCUT2D eigenvalue weighted by molar-refractivity contribution is 0.102. The number of rotatable bonds is 3. The summed E-state index contributed by atoms with van der Waals surface area (Å²) in [4.78, 5) is 30.2. The van der Waals surface area contributed by atoms with Crippen LogP contribution in [-0.4, -0.2) is 47.2 Å². The predicted molar refractivity (Wildman–Crippen MR) is 107 cm³/mol. The molecule has 27 heavy (non-hydrogen) atoms. The lowest BCUT2D eigenvalue weighted by atomic mass is 10.1. The van der Waals surface area contributed by atoms with Gasteiger partial charge in [-0.25, -0.2) is 15.0 Å². The van der Waals surface area contributed by atoms with E-state index in [1.807, 2.05) is 32.9 Å². The quantitative estimate of drug-likeness (QED) is 0.749. The van der Waals surface area contributed by atoms with E-state index in [2.05, 4.69) is 25.2 Å². The van der Waals surface area contributed by atoms with E-state index in [-0.39, 0.29) is 5.91 Å². The van der Waals surface area contributed by atoms with Crippen molar-refractivity contribution in [3.05, 3.63) is 40.2 Å². The predicted octanol–water partition coefficient (Wildman–Crippen LogP) is 3.10. The van der Waals surface area contributed by atoms with Crippen molar-refractivity contribution in [2.45, 2.75) is 20.8 Å². The van der Waals surface area contributed by atoms with Crippen LogP contribution in [0.25, 0.3) is 10.2 Å². The van der Waals surface area contributed by atoms with Crippen LogP contribution in [0.5, 0.6) is 0 Å². The second-order valence-corrected chi connectivity index (χ2v) is 7.55. The third-order valence-corrected chi connectivity index (χ3v) is 5.71. The van der Waals surface area contributed by atoms with Gasteiger partial charge in [-0.15, -0.1) is 11.3 Å². The first-order valence-corrected chi connectivity index (χ1v) is 9.70. The third-order valence-electron chi connectivity index (χ3n) is 4.53. The van der Waals surface area contributed by atoms with E-state index in [0.29, 0.717) is 29.7 Å². The molecule has 1 N–H and O–H groups in total. The lowest BCUT2D eigenvalue weighted by Crippen LogP contribution is -2.37. The largest absolute Gasteiger partial charge is 0.378 e. The highest BCUT2D eigenvalue weighted by Crippen LogP contribution is 2.36. The molecule has 7 nitrogen and oxygen atoms in total. The molecule has 4 heterocycles. The second kappa shape index (κ2) is 7.21. The summed E-state index contributed by atoms with van der Waals surface area (Å²) in [5.41, 5.74) is 1.76. The van der Waals surface area contributed by atoms with Gasteiger partial charge < -0.3 is 15.0 Å². The van der Waals surface area contributed by atoms with Crippen LogP contribution in [0, 0.1) is 20.8 Å². The number of amides is 1. The fourth-order valence-corrected chi connectivity index (χ4v) is 4.34. The topological polar surface area (TPSA) is 80.2 Å². The highest BCUT2D eigenvalue weighted by atomic mass is 32.1. The van der Waals surface area contributed by atoms with E-state index in [1.165, 1.54) is 11.3 Å². The van der Waals surface area contributed by atoms with E-state index < -0.39 is 0 Å². The summed E-state index contributed by atoms with van der Waals surface area (Å²) in [7, 11) is 0. The first-order chi connectivity index (χ1) is 13.0. The third kappa shape index (κ3) is 3.50. The van der Waals surface area contributed by atoms with Gasteiger partial charge in [0.2, 0.25) is 0 Å². The minimum Gasteiger partial charge on any atom is -0.378 e. The van der Waals surface area contributed by atoms with Gasteiger partial charge in [0.15, 0.2) is 0 Å². The maximum absolute atomic E-state index is 12.9. The van der Waals surface area contributed by atoms with Gasteiger partial charge in [-0.2, -0.15) is 0 Å². The maximum Gasteiger partial charge on any atom is 0.267 e. The van der Waals surface area contributed by atoms with Gasteiger partial charge in [0.05, 0.1) is 23.5 Å². The molecule has 1 aliphatic rings. The second-order valence-electron chi connectivity index (χ2n) is 6.55. The van der Waals surface area contributed by atoms with Crippen LogP contribution in [0.1, 0.15) is 26.8 Å². The first-order valence-electron chi connectivity index (χ1n) is 8.88. The molecule has 0 bridgehead atoms. The van der Waals surface area contributed by atoms with Gasteiger partial charge in [0, 0.05) is 18.8 Å². The zero-order chi connectivity index (χ0) is 19.0. The van der Waals surface area contributed by atoms with Crippen molar-refractivity contribution >= 4 is 39.1 Å². The van der Waals surface area contributed by atoms with E-state index >= 15 is 0 Å². The normalized spacial score (nSPS) is 14.6. The molecule has 0 aliphatic carbocycles. The number of ether oxygens (including phenoxy) is 1. The Morgan fingerprint density at radius 3 is 2.67 bits per heavy atom. The van der Waals surface area contributed by atoms with Crippen molar-refractivity contribution in [2.24, 2.45) is 0 Å². The molecule has 0 aromatic carbocycles. The number of thiophene rings is 1. The molecule has 0 spiro atoms. The van der Waals surface area contributed by atoms with Crippen LogP contribution in [-0.2, 0) is 4.74 Å². The van der Waals surface area contributed by atoms with Crippen molar-refractivity contribution in [3.8, 4) is 0 Å². The molecule has 4 rings (SSSR count). The number of hydrogen-bond acceptors (Lipinski definition) is 7. The van der Waals surface area contributed by atoms with Crippen molar-refractivity contribution < 1.29 is 9.53 Å². The summed E-state index contributed by atoms with van der Waals surface area (Å²) >= 11 is 1.40. The molecule has 1 saturated heterocycles. The number of carbonyl (C=O) groups excluding carboxylic acids is 1.